The molecule has 7 heteroatoms. The average molecular weight is 236 g/mol. The molecule has 0 aliphatic heterocycles. The van der Waals surface area contributed by atoms with E-state index in [2.05, 4.69) is 10.3 Å². The van der Waals surface area contributed by atoms with E-state index in [1.54, 1.807) is 0 Å². The van der Waals surface area contributed by atoms with Crippen LogP contribution in [0.3, 0.4) is 0 Å². The molecule has 90 valence electrons. The van der Waals surface area contributed by atoms with Gasteiger partial charge in [-0.05, 0) is 19.8 Å². The van der Waals surface area contributed by atoms with E-state index in [-0.39, 0.29) is 22.6 Å². The van der Waals surface area contributed by atoms with Crippen molar-refractivity contribution in [3.63, 3.8) is 0 Å². The van der Waals surface area contributed by atoms with Crippen LogP contribution in [0.15, 0.2) is 12.3 Å². The number of nitrogens with one attached hydrogen (secondary N) is 1. The molecule has 1 fully saturated rings. The van der Waals surface area contributed by atoms with Crippen molar-refractivity contribution in [3.8, 4) is 0 Å². The first-order valence-corrected chi connectivity index (χ1v) is 5.14. The number of nitrogens with two attached hydrogens (primary N) is 1. The molecular formula is C10H12N4O3. The Morgan fingerprint density at radius 2 is 2.29 bits per heavy atom. The highest BCUT2D eigenvalue weighted by molar-refractivity contribution is 5.99. The van der Waals surface area contributed by atoms with E-state index in [1.165, 1.54) is 0 Å². The zero-order valence-corrected chi connectivity index (χ0v) is 9.27. The minimum atomic E-state index is -0.609. The topological polar surface area (TPSA) is 111 Å². The number of amides is 1. The van der Waals surface area contributed by atoms with Crippen molar-refractivity contribution in [2.75, 3.05) is 5.73 Å². The molecule has 1 heterocycles. The lowest BCUT2D eigenvalue weighted by Crippen LogP contribution is -2.34. The number of nitrogens with zero attached hydrogens (tertiary/aromatic N) is 2. The van der Waals surface area contributed by atoms with Crippen LogP contribution in [0.4, 0.5) is 11.5 Å². The van der Waals surface area contributed by atoms with Gasteiger partial charge in [-0.15, -0.1) is 0 Å². The van der Waals surface area contributed by atoms with Crippen LogP contribution >= 0.6 is 0 Å². The molecule has 0 spiro atoms. The number of anilines is 1. The van der Waals surface area contributed by atoms with Crippen LogP contribution in [-0.2, 0) is 0 Å². The molecule has 0 saturated heterocycles. The van der Waals surface area contributed by atoms with Gasteiger partial charge in [-0.1, -0.05) is 0 Å². The summed E-state index contributed by atoms with van der Waals surface area (Å²) in [5, 5.41) is 13.3. The first kappa shape index (κ1) is 11.3. The maximum atomic E-state index is 11.8. The zero-order valence-electron chi connectivity index (χ0n) is 9.27. The Labute approximate surface area is 97.2 Å². The third-order valence-electron chi connectivity index (χ3n) is 2.77. The van der Waals surface area contributed by atoms with Gasteiger partial charge >= 0.3 is 0 Å². The molecule has 0 unspecified atom stereocenters. The molecule has 1 amide bonds. The maximum Gasteiger partial charge on any atom is 0.288 e. The molecule has 1 aliphatic rings. The number of aromatic nitrogens is 1. The smallest absolute Gasteiger partial charge is 0.288 e. The molecule has 17 heavy (non-hydrogen) atoms. The highest BCUT2D eigenvalue weighted by Crippen LogP contribution is 2.34. The van der Waals surface area contributed by atoms with Crippen molar-refractivity contribution in [2.24, 2.45) is 0 Å². The number of carbonyl (C=O) groups excluding carboxylic acids is 1. The maximum absolute atomic E-state index is 11.8. The highest BCUT2D eigenvalue weighted by Gasteiger charge is 2.39. The number of carbonyl (C=O) groups is 1. The van der Waals surface area contributed by atoms with Crippen molar-refractivity contribution < 1.29 is 9.72 Å². The van der Waals surface area contributed by atoms with Gasteiger partial charge in [-0.25, -0.2) is 4.98 Å². The van der Waals surface area contributed by atoms with Crippen LogP contribution in [-0.4, -0.2) is 21.4 Å². The van der Waals surface area contributed by atoms with Gasteiger partial charge in [0.05, 0.1) is 10.5 Å². The van der Waals surface area contributed by atoms with E-state index in [1.807, 2.05) is 6.92 Å². The summed E-state index contributed by atoms with van der Waals surface area (Å²) in [4.78, 5) is 25.5. The molecule has 0 aromatic carbocycles. The van der Waals surface area contributed by atoms with Gasteiger partial charge in [-0.2, -0.15) is 0 Å². The van der Waals surface area contributed by atoms with Gasteiger partial charge in [-0.3, -0.25) is 14.9 Å². The molecule has 0 bridgehead atoms. The number of rotatable bonds is 3. The summed E-state index contributed by atoms with van der Waals surface area (Å²) in [7, 11) is 0. The molecule has 0 atom stereocenters. The summed E-state index contributed by atoms with van der Waals surface area (Å²) in [6.45, 7) is 1.91. The number of nitro groups is 1. The van der Waals surface area contributed by atoms with E-state index in [9.17, 15) is 14.9 Å². The standard InChI is InChI=1S/C10H12N4O3/c1-10(2-3-10)13-9(15)7-4-6(14(16)17)5-12-8(7)11/h4-5H,2-3H2,1H3,(H2,11,12)(H,13,15). The monoisotopic (exact) mass is 236 g/mol. The Kier molecular flexibility index (Phi) is 2.45. The first-order valence-electron chi connectivity index (χ1n) is 5.14. The van der Waals surface area contributed by atoms with Crippen molar-refractivity contribution in [3.05, 3.63) is 27.9 Å². The Bertz CT molecular complexity index is 496. The van der Waals surface area contributed by atoms with Crippen molar-refractivity contribution in [2.45, 2.75) is 25.3 Å². The molecule has 0 radical (unpaired) electrons. The molecule has 2 rings (SSSR count). The van der Waals surface area contributed by atoms with E-state index in [0.29, 0.717) is 0 Å². The van der Waals surface area contributed by atoms with E-state index < -0.39 is 10.8 Å². The van der Waals surface area contributed by atoms with Crippen LogP contribution in [0.1, 0.15) is 30.1 Å². The second-order valence-corrected chi connectivity index (χ2v) is 4.40. The van der Waals surface area contributed by atoms with Crippen LogP contribution in [0.25, 0.3) is 0 Å². The molecule has 1 saturated carbocycles. The fourth-order valence-electron chi connectivity index (χ4n) is 1.40. The summed E-state index contributed by atoms with van der Waals surface area (Å²) >= 11 is 0. The molecule has 7 nitrogen and oxygen atoms in total. The number of hydrogen-bond acceptors (Lipinski definition) is 5. The molecule has 3 N–H and O–H groups in total. The summed E-state index contributed by atoms with van der Waals surface area (Å²) in [5.74, 6) is -0.420. The summed E-state index contributed by atoms with van der Waals surface area (Å²) in [5.41, 5.74) is 5.14. The van der Waals surface area contributed by atoms with Gasteiger partial charge in [0.2, 0.25) is 0 Å². The molecular weight excluding hydrogens is 224 g/mol. The van der Waals surface area contributed by atoms with Crippen LogP contribution in [0.5, 0.6) is 0 Å². The predicted octanol–water partition coefficient (Wildman–Crippen LogP) is 0.854. The van der Waals surface area contributed by atoms with Gasteiger partial charge in [0, 0.05) is 11.6 Å². The van der Waals surface area contributed by atoms with Gasteiger partial charge < -0.3 is 11.1 Å². The lowest BCUT2D eigenvalue weighted by Gasteiger charge is -2.11. The van der Waals surface area contributed by atoms with E-state index >= 15 is 0 Å². The minimum Gasteiger partial charge on any atom is -0.383 e. The van der Waals surface area contributed by atoms with E-state index in [0.717, 1.165) is 25.1 Å². The van der Waals surface area contributed by atoms with Crippen molar-refractivity contribution >= 4 is 17.4 Å². The van der Waals surface area contributed by atoms with Gasteiger partial charge in [0.1, 0.15) is 12.0 Å². The Hall–Kier alpha value is -2.18. The Morgan fingerprint density at radius 1 is 1.65 bits per heavy atom. The largest absolute Gasteiger partial charge is 0.383 e. The summed E-state index contributed by atoms with van der Waals surface area (Å²) < 4.78 is 0. The summed E-state index contributed by atoms with van der Waals surface area (Å²) in [6, 6.07) is 1.14. The fourth-order valence-corrected chi connectivity index (χ4v) is 1.40. The third kappa shape index (κ3) is 2.32. The fraction of sp³-hybridized carbons (Fsp3) is 0.400. The zero-order chi connectivity index (χ0) is 12.6. The lowest BCUT2D eigenvalue weighted by molar-refractivity contribution is -0.385. The average Bonchev–Trinajstić information content (AvgIpc) is 2.96. The Balaban J connectivity index is 2.27. The lowest BCUT2D eigenvalue weighted by atomic mass is 10.2. The number of nitrogen functional groups attached to an aromatic ring is 1. The Morgan fingerprint density at radius 3 is 2.82 bits per heavy atom. The third-order valence-corrected chi connectivity index (χ3v) is 2.77. The molecule has 1 aromatic rings. The first-order chi connectivity index (χ1) is 7.91. The van der Waals surface area contributed by atoms with Crippen LogP contribution in [0.2, 0.25) is 0 Å². The summed E-state index contributed by atoms with van der Waals surface area (Å²) in [6.07, 6.45) is 2.84. The second kappa shape index (κ2) is 3.69. The van der Waals surface area contributed by atoms with Gasteiger partial charge in [0.15, 0.2) is 0 Å². The van der Waals surface area contributed by atoms with Crippen molar-refractivity contribution in [1.82, 2.24) is 10.3 Å². The van der Waals surface area contributed by atoms with Crippen molar-refractivity contribution in [1.29, 1.82) is 0 Å². The quantitative estimate of drug-likeness (QED) is 0.597. The van der Waals surface area contributed by atoms with Crippen LogP contribution in [0, 0.1) is 10.1 Å². The highest BCUT2D eigenvalue weighted by atomic mass is 16.6. The normalized spacial score (nSPS) is 16.3. The second-order valence-electron chi connectivity index (χ2n) is 4.40. The molecule has 1 aromatic heterocycles. The number of pyridine rings is 1. The van der Waals surface area contributed by atoms with E-state index in [4.69, 9.17) is 5.73 Å². The predicted molar refractivity (Wildman–Crippen MR) is 60.4 cm³/mol. The van der Waals surface area contributed by atoms with Crippen LogP contribution < -0.4 is 11.1 Å². The number of hydrogen-bond donors (Lipinski definition) is 2. The molecule has 1 aliphatic carbocycles. The SMILES string of the molecule is CC1(NC(=O)c2cc([N+](=O)[O-])cnc2N)CC1. The minimum absolute atomic E-state index is 0.00245. The van der Waals surface area contributed by atoms with Gasteiger partial charge in [0.25, 0.3) is 11.6 Å².